The zero-order valence-corrected chi connectivity index (χ0v) is 13.7. The van der Waals surface area contributed by atoms with Crippen molar-refractivity contribution in [2.45, 2.75) is 40.2 Å². The normalized spacial score (nSPS) is 12.6. The van der Waals surface area contributed by atoms with Crippen LogP contribution in [0.1, 0.15) is 30.5 Å². The maximum absolute atomic E-state index is 12.0. The lowest BCUT2D eigenvalue weighted by Gasteiger charge is -2.20. The monoisotopic (exact) mass is 359 g/mol. The molecular weight excluding hydrogens is 337 g/mol. The van der Waals surface area contributed by atoms with Crippen LogP contribution in [-0.4, -0.2) is 16.4 Å². The van der Waals surface area contributed by atoms with E-state index in [9.17, 15) is 4.79 Å². The van der Waals surface area contributed by atoms with Crippen molar-refractivity contribution in [1.29, 1.82) is 0 Å². The highest BCUT2D eigenvalue weighted by atomic mass is 127. The molecule has 0 saturated carbocycles. The van der Waals surface area contributed by atoms with Gasteiger partial charge >= 0.3 is 0 Å². The van der Waals surface area contributed by atoms with Crippen molar-refractivity contribution in [1.82, 2.24) is 5.32 Å². The van der Waals surface area contributed by atoms with Gasteiger partial charge in [-0.15, -0.1) is 0 Å². The van der Waals surface area contributed by atoms with Gasteiger partial charge in [0.25, 0.3) is 0 Å². The second-order valence-corrected chi connectivity index (χ2v) is 6.06. The first-order valence-corrected chi connectivity index (χ1v) is 7.88. The summed E-state index contributed by atoms with van der Waals surface area (Å²) in [5, 5.41) is 3.11. The molecule has 0 aliphatic carbocycles. The number of alkyl halides is 1. The van der Waals surface area contributed by atoms with Crippen LogP contribution in [0.15, 0.2) is 18.2 Å². The van der Waals surface area contributed by atoms with Crippen molar-refractivity contribution in [3.05, 3.63) is 34.9 Å². The zero-order chi connectivity index (χ0) is 13.7. The smallest absolute Gasteiger partial charge is 0.224 e. The van der Waals surface area contributed by atoms with Crippen molar-refractivity contribution >= 4 is 28.5 Å². The average molecular weight is 359 g/mol. The van der Waals surface area contributed by atoms with Gasteiger partial charge in [-0.2, -0.15) is 0 Å². The maximum Gasteiger partial charge on any atom is 0.224 e. The Morgan fingerprint density at radius 1 is 1.33 bits per heavy atom. The van der Waals surface area contributed by atoms with E-state index in [0.717, 1.165) is 9.99 Å². The minimum absolute atomic E-state index is 0.124. The highest BCUT2D eigenvalue weighted by Gasteiger charge is 2.15. The molecule has 1 rings (SSSR count). The van der Waals surface area contributed by atoms with Crippen LogP contribution >= 0.6 is 22.6 Å². The molecule has 1 amide bonds. The zero-order valence-electron chi connectivity index (χ0n) is 11.6. The van der Waals surface area contributed by atoms with Crippen molar-refractivity contribution < 1.29 is 4.79 Å². The van der Waals surface area contributed by atoms with Crippen molar-refractivity contribution in [3.63, 3.8) is 0 Å². The van der Waals surface area contributed by atoms with Crippen LogP contribution in [0, 0.1) is 19.8 Å². The molecule has 0 aliphatic heterocycles. The molecule has 0 spiro atoms. The highest BCUT2D eigenvalue weighted by Crippen LogP contribution is 2.12. The second kappa shape index (κ2) is 7.12. The molecule has 1 aromatic rings. The molecule has 0 fully saturated rings. The van der Waals surface area contributed by atoms with Gasteiger partial charge in [0, 0.05) is 10.5 Å². The minimum atomic E-state index is 0.124. The molecule has 1 N–H and O–H groups in total. The van der Waals surface area contributed by atoms with E-state index in [4.69, 9.17) is 0 Å². The Kier molecular flexibility index (Phi) is 6.12. The number of amides is 1. The van der Waals surface area contributed by atoms with E-state index < -0.39 is 0 Å². The number of rotatable bonds is 5. The number of benzene rings is 1. The first kappa shape index (κ1) is 15.5. The molecule has 0 bridgehead atoms. The molecule has 0 aromatic heterocycles. The fourth-order valence-electron chi connectivity index (χ4n) is 1.80. The predicted octanol–water partition coefficient (Wildman–Crippen LogP) is 3.42. The first-order chi connectivity index (χ1) is 8.43. The summed E-state index contributed by atoms with van der Waals surface area (Å²) >= 11 is 2.33. The number of aryl methyl sites for hydroxylation is 2. The number of nitrogens with one attached hydrogen (secondary N) is 1. The van der Waals surface area contributed by atoms with E-state index in [0.29, 0.717) is 12.3 Å². The Bertz CT molecular complexity index is 415. The second-order valence-electron chi connectivity index (χ2n) is 5.18. The maximum atomic E-state index is 12.0. The molecule has 18 heavy (non-hydrogen) atoms. The summed E-state index contributed by atoms with van der Waals surface area (Å²) in [6, 6.07) is 6.53. The summed E-state index contributed by atoms with van der Waals surface area (Å²) in [5.74, 6) is 0.600. The summed E-state index contributed by atoms with van der Waals surface area (Å²) in [5.41, 5.74) is 3.52. The standard InChI is InChI=1S/C15H22INO/c1-10(2)14(9-16)17-15(18)8-13-7-11(3)5-6-12(13)4/h5-7,10,14H,8-9H2,1-4H3,(H,17,18). The van der Waals surface area contributed by atoms with Crippen LogP contribution in [0.25, 0.3) is 0 Å². The van der Waals surface area contributed by atoms with Gasteiger partial charge < -0.3 is 5.32 Å². The molecule has 1 atom stereocenters. The molecule has 100 valence electrons. The average Bonchev–Trinajstić information content (AvgIpc) is 2.30. The van der Waals surface area contributed by atoms with Gasteiger partial charge in [-0.25, -0.2) is 0 Å². The molecular formula is C15H22INO. The lowest BCUT2D eigenvalue weighted by molar-refractivity contribution is -0.121. The van der Waals surface area contributed by atoms with Crippen LogP contribution < -0.4 is 5.32 Å². The van der Waals surface area contributed by atoms with Gasteiger partial charge in [-0.3, -0.25) is 4.79 Å². The molecule has 0 radical (unpaired) electrons. The summed E-state index contributed by atoms with van der Waals surface area (Å²) in [4.78, 5) is 12.0. The Morgan fingerprint density at radius 2 is 2.00 bits per heavy atom. The summed E-state index contributed by atoms with van der Waals surface area (Å²) in [6.07, 6.45) is 0.480. The molecule has 0 aliphatic rings. The Balaban J connectivity index is 2.67. The lowest BCUT2D eigenvalue weighted by atomic mass is 10.0. The highest BCUT2D eigenvalue weighted by molar-refractivity contribution is 14.1. The van der Waals surface area contributed by atoms with Crippen LogP contribution in [0.5, 0.6) is 0 Å². The Hall–Kier alpha value is -0.580. The van der Waals surface area contributed by atoms with E-state index in [1.807, 2.05) is 0 Å². The van der Waals surface area contributed by atoms with Gasteiger partial charge in [-0.1, -0.05) is 60.2 Å². The number of halogens is 1. The fourth-order valence-corrected chi connectivity index (χ4v) is 3.04. The van der Waals surface area contributed by atoms with Crippen molar-refractivity contribution in [2.75, 3.05) is 4.43 Å². The van der Waals surface area contributed by atoms with Crippen LogP contribution in [0.3, 0.4) is 0 Å². The number of carbonyl (C=O) groups is 1. The van der Waals surface area contributed by atoms with E-state index >= 15 is 0 Å². The van der Waals surface area contributed by atoms with E-state index in [-0.39, 0.29) is 11.9 Å². The third-order valence-electron chi connectivity index (χ3n) is 3.17. The van der Waals surface area contributed by atoms with E-state index in [1.54, 1.807) is 0 Å². The third-order valence-corrected chi connectivity index (χ3v) is 4.12. The van der Waals surface area contributed by atoms with Gasteiger partial charge in [-0.05, 0) is 30.9 Å². The number of hydrogen-bond acceptors (Lipinski definition) is 1. The number of hydrogen-bond donors (Lipinski definition) is 1. The summed E-state index contributed by atoms with van der Waals surface area (Å²) in [7, 11) is 0. The van der Waals surface area contributed by atoms with Crippen LogP contribution in [0.4, 0.5) is 0 Å². The third kappa shape index (κ3) is 4.59. The Morgan fingerprint density at radius 3 is 2.56 bits per heavy atom. The number of carbonyl (C=O) groups excluding carboxylic acids is 1. The van der Waals surface area contributed by atoms with Gasteiger partial charge in [0.05, 0.1) is 6.42 Å². The summed E-state index contributed by atoms with van der Waals surface area (Å²) in [6.45, 7) is 8.39. The van der Waals surface area contributed by atoms with Gasteiger partial charge in [0.15, 0.2) is 0 Å². The molecule has 1 unspecified atom stereocenters. The fraction of sp³-hybridized carbons (Fsp3) is 0.533. The molecule has 3 heteroatoms. The largest absolute Gasteiger partial charge is 0.352 e. The predicted molar refractivity (Wildman–Crippen MR) is 85.3 cm³/mol. The summed E-state index contributed by atoms with van der Waals surface area (Å²) < 4.78 is 0.952. The molecule has 0 saturated heterocycles. The first-order valence-electron chi connectivity index (χ1n) is 6.35. The minimum Gasteiger partial charge on any atom is -0.352 e. The van der Waals surface area contributed by atoms with E-state index in [2.05, 4.69) is 73.8 Å². The topological polar surface area (TPSA) is 29.1 Å². The van der Waals surface area contributed by atoms with Crippen molar-refractivity contribution in [2.24, 2.45) is 5.92 Å². The molecule has 2 nitrogen and oxygen atoms in total. The Labute approximate surface area is 124 Å². The van der Waals surface area contributed by atoms with E-state index in [1.165, 1.54) is 11.1 Å². The molecule has 0 heterocycles. The lowest BCUT2D eigenvalue weighted by Crippen LogP contribution is -2.40. The quantitative estimate of drug-likeness (QED) is 0.634. The van der Waals surface area contributed by atoms with Crippen molar-refractivity contribution in [3.8, 4) is 0 Å². The van der Waals surface area contributed by atoms with Gasteiger partial charge in [0.1, 0.15) is 0 Å². The van der Waals surface area contributed by atoms with Crippen LogP contribution in [-0.2, 0) is 11.2 Å². The SMILES string of the molecule is Cc1ccc(C)c(CC(=O)NC(CI)C(C)C)c1. The van der Waals surface area contributed by atoms with Crippen LogP contribution in [0.2, 0.25) is 0 Å². The molecule has 1 aromatic carbocycles. The van der Waals surface area contributed by atoms with Gasteiger partial charge in [0.2, 0.25) is 5.91 Å².